The lowest BCUT2D eigenvalue weighted by atomic mass is 10.1. The van der Waals surface area contributed by atoms with Gasteiger partial charge >= 0.3 is 0 Å². The van der Waals surface area contributed by atoms with E-state index in [1.54, 1.807) is 23.1 Å². The van der Waals surface area contributed by atoms with Crippen molar-refractivity contribution >= 4 is 24.2 Å². The Bertz CT molecular complexity index is 625. The molecule has 8 heteroatoms. The monoisotopic (exact) mass is 385 g/mol. The molecule has 2 aliphatic rings. The summed E-state index contributed by atoms with van der Waals surface area (Å²) in [6, 6.07) is 5.87. The Kier molecular flexibility index (Phi) is 7.81. The Labute approximate surface area is 158 Å². The number of nitrogens with one attached hydrogen (secondary N) is 2. The van der Waals surface area contributed by atoms with Crippen LogP contribution in [0.3, 0.4) is 0 Å². The fourth-order valence-electron chi connectivity index (χ4n) is 3.23. The summed E-state index contributed by atoms with van der Waals surface area (Å²) in [6.45, 7) is 2.54. The summed E-state index contributed by atoms with van der Waals surface area (Å²) >= 11 is 0. The van der Waals surface area contributed by atoms with Gasteiger partial charge in [0, 0.05) is 38.3 Å². The molecule has 0 spiro atoms. The minimum absolute atomic E-state index is 0. The molecule has 6 nitrogen and oxygen atoms in total. The number of nitrogens with zero attached hydrogens (tertiary/aromatic N) is 1. The predicted octanol–water partition coefficient (Wildman–Crippen LogP) is 1.23. The number of rotatable bonds is 6. The maximum Gasteiger partial charge on any atom is 0.240 e. The SMILES string of the molecule is Cl.O=C(CC1NCCN(Cc2ccccc2F)C1=O)NCC1CCCO1. The summed E-state index contributed by atoms with van der Waals surface area (Å²) in [7, 11) is 0. The van der Waals surface area contributed by atoms with E-state index in [1.807, 2.05) is 0 Å². The van der Waals surface area contributed by atoms with Crippen LogP contribution in [-0.4, -0.2) is 55.1 Å². The molecule has 2 saturated heterocycles. The first kappa shape index (κ1) is 20.6. The molecule has 2 N–H and O–H groups in total. The fourth-order valence-corrected chi connectivity index (χ4v) is 3.23. The number of piperazine rings is 1. The van der Waals surface area contributed by atoms with Crippen LogP contribution in [0.2, 0.25) is 0 Å². The lowest BCUT2D eigenvalue weighted by Crippen LogP contribution is -2.56. The average molecular weight is 386 g/mol. The van der Waals surface area contributed by atoms with E-state index in [4.69, 9.17) is 4.74 Å². The van der Waals surface area contributed by atoms with Crippen LogP contribution in [0.5, 0.6) is 0 Å². The topological polar surface area (TPSA) is 70.7 Å². The Morgan fingerprint density at radius 2 is 2.19 bits per heavy atom. The van der Waals surface area contributed by atoms with Gasteiger partial charge in [-0.1, -0.05) is 18.2 Å². The molecule has 2 fully saturated rings. The van der Waals surface area contributed by atoms with E-state index in [-0.39, 0.29) is 49.1 Å². The highest BCUT2D eigenvalue weighted by molar-refractivity contribution is 5.88. The molecular weight excluding hydrogens is 361 g/mol. The van der Waals surface area contributed by atoms with Gasteiger partial charge in [-0.15, -0.1) is 12.4 Å². The van der Waals surface area contributed by atoms with Gasteiger partial charge in [-0.05, 0) is 18.9 Å². The summed E-state index contributed by atoms with van der Waals surface area (Å²) in [4.78, 5) is 26.3. The second kappa shape index (κ2) is 9.85. The molecule has 2 heterocycles. The second-order valence-corrected chi connectivity index (χ2v) is 6.50. The molecule has 2 atom stereocenters. The third kappa shape index (κ3) is 5.40. The number of carbonyl (C=O) groups is 2. The van der Waals surface area contributed by atoms with Gasteiger partial charge in [0.15, 0.2) is 0 Å². The molecule has 1 aromatic rings. The van der Waals surface area contributed by atoms with Gasteiger partial charge < -0.3 is 20.3 Å². The predicted molar refractivity (Wildman–Crippen MR) is 97.5 cm³/mol. The van der Waals surface area contributed by atoms with E-state index < -0.39 is 6.04 Å². The van der Waals surface area contributed by atoms with Crippen LogP contribution < -0.4 is 10.6 Å². The van der Waals surface area contributed by atoms with Crippen molar-refractivity contribution in [3.05, 3.63) is 35.6 Å². The Morgan fingerprint density at radius 3 is 2.92 bits per heavy atom. The molecule has 0 bridgehead atoms. The first-order valence-corrected chi connectivity index (χ1v) is 8.77. The van der Waals surface area contributed by atoms with Crippen molar-refractivity contribution in [1.29, 1.82) is 0 Å². The molecule has 2 unspecified atom stereocenters. The minimum atomic E-state index is -0.565. The molecule has 2 aliphatic heterocycles. The van der Waals surface area contributed by atoms with Crippen LogP contribution in [0.25, 0.3) is 0 Å². The van der Waals surface area contributed by atoms with Crippen LogP contribution in [0.1, 0.15) is 24.8 Å². The number of halogens is 2. The quantitative estimate of drug-likeness (QED) is 0.772. The van der Waals surface area contributed by atoms with Crippen LogP contribution in [0, 0.1) is 5.82 Å². The Hall–Kier alpha value is -1.70. The zero-order valence-corrected chi connectivity index (χ0v) is 15.4. The zero-order chi connectivity index (χ0) is 17.6. The smallest absolute Gasteiger partial charge is 0.240 e. The normalized spacial score (nSPS) is 22.8. The molecule has 144 valence electrons. The first-order valence-electron chi connectivity index (χ1n) is 8.77. The number of hydrogen-bond acceptors (Lipinski definition) is 4. The minimum Gasteiger partial charge on any atom is -0.376 e. The molecule has 2 amide bonds. The van der Waals surface area contributed by atoms with Crippen LogP contribution in [-0.2, 0) is 20.9 Å². The van der Waals surface area contributed by atoms with Crippen molar-refractivity contribution in [3.8, 4) is 0 Å². The lowest BCUT2D eigenvalue weighted by Gasteiger charge is -2.33. The van der Waals surface area contributed by atoms with Crippen molar-refractivity contribution < 1.29 is 18.7 Å². The molecule has 0 radical (unpaired) electrons. The average Bonchev–Trinajstić information content (AvgIpc) is 3.12. The van der Waals surface area contributed by atoms with E-state index in [2.05, 4.69) is 10.6 Å². The molecule has 0 aliphatic carbocycles. The number of amides is 2. The van der Waals surface area contributed by atoms with Gasteiger partial charge in [0.25, 0.3) is 0 Å². The van der Waals surface area contributed by atoms with Gasteiger partial charge in [0.1, 0.15) is 5.82 Å². The van der Waals surface area contributed by atoms with E-state index in [0.29, 0.717) is 25.2 Å². The van der Waals surface area contributed by atoms with Crippen LogP contribution in [0.4, 0.5) is 4.39 Å². The van der Waals surface area contributed by atoms with Crippen molar-refractivity contribution in [1.82, 2.24) is 15.5 Å². The maximum absolute atomic E-state index is 13.8. The van der Waals surface area contributed by atoms with Crippen LogP contribution >= 0.6 is 12.4 Å². The first-order chi connectivity index (χ1) is 12.1. The largest absolute Gasteiger partial charge is 0.376 e. The molecule has 0 saturated carbocycles. The number of benzene rings is 1. The summed E-state index contributed by atoms with van der Waals surface area (Å²) in [6.07, 6.45) is 2.14. The highest BCUT2D eigenvalue weighted by Gasteiger charge is 2.30. The summed E-state index contributed by atoms with van der Waals surface area (Å²) < 4.78 is 19.3. The highest BCUT2D eigenvalue weighted by Crippen LogP contribution is 2.14. The fraction of sp³-hybridized carbons (Fsp3) is 0.556. The third-order valence-corrected chi connectivity index (χ3v) is 4.64. The van der Waals surface area contributed by atoms with Gasteiger partial charge in [-0.2, -0.15) is 0 Å². The van der Waals surface area contributed by atoms with E-state index in [9.17, 15) is 14.0 Å². The van der Waals surface area contributed by atoms with Gasteiger partial charge in [0.2, 0.25) is 11.8 Å². The van der Waals surface area contributed by atoms with Crippen LogP contribution in [0.15, 0.2) is 24.3 Å². The van der Waals surface area contributed by atoms with Crippen molar-refractivity contribution in [2.45, 2.75) is 38.0 Å². The third-order valence-electron chi connectivity index (χ3n) is 4.64. The molecule has 1 aromatic carbocycles. The second-order valence-electron chi connectivity index (χ2n) is 6.50. The molecule has 0 aromatic heterocycles. The number of carbonyl (C=O) groups excluding carboxylic acids is 2. The zero-order valence-electron chi connectivity index (χ0n) is 14.6. The highest BCUT2D eigenvalue weighted by atomic mass is 35.5. The molecular formula is C18H25ClFN3O3. The van der Waals surface area contributed by atoms with Crippen molar-refractivity contribution in [2.24, 2.45) is 0 Å². The van der Waals surface area contributed by atoms with E-state index in [1.165, 1.54) is 6.07 Å². The lowest BCUT2D eigenvalue weighted by molar-refractivity contribution is -0.138. The molecule has 26 heavy (non-hydrogen) atoms. The maximum atomic E-state index is 13.8. The van der Waals surface area contributed by atoms with Crippen molar-refractivity contribution in [2.75, 3.05) is 26.2 Å². The van der Waals surface area contributed by atoms with E-state index in [0.717, 1.165) is 19.4 Å². The number of ether oxygens (including phenoxy) is 1. The van der Waals surface area contributed by atoms with E-state index >= 15 is 0 Å². The summed E-state index contributed by atoms with van der Waals surface area (Å²) in [5.74, 6) is -0.657. The summed E-state index contributed by atoms with van der Waals surface area (Å²) in [5, 5.41) is 5.91. The van der Waals surface area contributed by atoms with Gasteiger partial charge in [0.05, 0.1) is 18.6 Å². The standard InChI is InChI=1S/C18H24FN3O3.ClH/c19-15-6-2-1-4-13(15)12-22-8-7-20-16(18(22)24)10-17(23)21-11-14-5-3-9-25-14;/h1-2,4,6,14,16,20H,3,5,7-12H2,(H,21,23);1H. The van der Waals surface area contributed by atoms with Crippen molar-refractivity contribution in [3.63, 3.8) is 0 Å². The van der Waals surface area contributed by atoms with Gasteiger partial charge in [-0.25, -0.2) is 4.39 Å². The number of hydrogen-bond donors (Lipinski definition) is 2. The van der Waals surface area contributed by atoms with Gasteiger partial charge in [-0.3, -0.25) is 9.59 Å². The summed E-state index contributed by atoms with van der Waals surface area (Å²) in [5.41, 5.74) is 0.485. The Balaban J connectivity index is 0.00000243. The Morgan fingerprint density at radius 1 is 1.38 bits per heavy atom. The molecule has 3 rings (SSSR count).